The third kappa shape index (κ3) is 4.54. The molecule has 2 fully saturated rings. The van der Waals surface area contributed by atoms with Gasteiger partial charge < -0.3 is 5.32 Å². The van der Waals surface area contributed by atoms with Crippen molar-refractivity contribution in [3.63, 3.8) is 0 Å². The average molecular weight is 413 g/mol. The largest absolute Gasteiger partial charge is 0.356 e. The van der Waals surface area contributed by atoms with Gasteiger partial charge in [-0.3, -0.25) is 9.69 Å². The quantitative estimate of drug-likeness (QED) is 0.792. The van der Waals surface area contributed by atoms with Crippen molar-refractivity contribution >= 4 is 15.7 Å². The SMILES string of the molecule is CN(Cc1ccccc1CS(=O)(=O)c1ccccc1)[C@H]1C[C@H]2CNC(=O)C[C@H]2C1. The average Bonchev–Trinajstić information content (AvgIpc) is 3.13. The maximum atomic E-state index is 12.8. The van der Waals surface area contributed by atoms with E-state index in [-0.39, 0.29) is 11.7 Å². The molecule has 0 unspecified atom stereocenters. The van der Waals surface area contributed by atoms with E-state index in [1.54, 1.807) is 24.3 Å². The number of benzene rings is 2. The topological polar surface area (TPSA) is 66.5 Å². The van der Waals surface area contributed by atoms with Crippen LogP contribution in [-0.2, 0) is 26.9 Å². The first-order chi connectivity index (χ1) is 13.9. The van der Waals surface area contributed by atoms with Crippen molar-refractivity contribution in [2.75, 3.05) is 13.6 Å². The summed E-state index contributed by atoms with van der Waals surface area (Å²) in [5.74, 6) is 1.22. The predicted molar refractivity (Wildman–Crippen MR) is 113 cm³/mol. The molecular weight excluding hydrogens is 384 g/mol. The third-order valence-electron chi connectivity index (χ3n) is 6.43. The van der Waals surface area contributed by atoms with E-state index < -0.39 is 9.84 Å². The highest BCUT2D eigenvalue weighted by molar-refractivity contribution is 7.90. The number of hydrogen-bond acceptors (Lipinski definition) is 4. The predicted octanol–water partition coefficient (Wildman–Crippen LogP) is 3.01. The number of fused-ring (bicyclic) bond motifs is 1. The molecule has 2 aromatic rings. The Hall–Kier alpha value is -2.18. The van der Waals surface area contributed by atoms with Crippen LogP contribution in [0.1, 0.15) is 30.4 Å². The van der Waals surface area contributed by atoms with E-state index in [4.69, 9.17) is 0 Å². The fourth-order valence-corrected chi connectivity index (χ4v) is 6.19. The first-order valence-electron chi connectivity index (χ1n) is 10.2. The van der Waals surface area contributed by atoms with Gasteiger partial charge in [0.25, 0.3) is 0 Å². The summed E-state index contributed by atoms with van der Waals surface area (Å²) in [7, 11) is -1.27. The number of piperidine rings is 1. The smallest absolute Gasteiger partial charge is 0.220 e. The van der Waals surface area contributed by atoms with Crippen LogP contribution in [0.25, 0.3) is 0 Å². The van der Waals surface area contributed by atoms with Crippen molar-refractivity contribution in [2.24, 2.45) is 11.8 Å². The molecule has 1 saturated heterocycles. The maximum absolute atomic E-state index is 12.8. The Morgan fingerprint density at radius 3 is 2.38 bits per heavy atom. The Labute approximate surface area is 173 Å². The second kappa shape index (κ2) is 8.28. The Bertz CT molecular complexity index is 975. The van der Waals surface area contributed by atoms with Gasteiger partial charge in [0.2, 0.25) is 5.91 Å². The molecule has 0 spiro atoms. The maximum Gasteiger partial charge on any atom is 0.220 e. The Morgan fingerprint density at radius 1 is 0.966 bits per heavy atom. The van der Waals surface area contributed by atoms with Crippen molar-refractivity contribution in [3.8, 4) is 0 Å². The van der Waals surface area contributed by atoms with Crippen LogP contribution in [0.3, 0.4) is 0 Å². The number of carbonyl (C=O) groups is 1. The fraction of sp³-hybridized carbons (Fsp3) is 0.435. The van der Waals surface area contributed by atoms with Crippen LogP contribution in [0.4, 0.5) is 0 Å². The van der Waals surface area contributed by atoms with E-state index in [1.165, 1.54) is 0 Å². The monoisotopic (exact) mass is 412 g/mol. The molecule has 0 aromatic heterocycles. The third-order valence-corrected chi connectivity index (χ3v) is 8.12. The minimum atomic E-state index is -3.38. The van der Waals surface area contributed by atoms with E-state index in [0.717, 1.165) is 30.5 Å². The summed E-state index contributed by atoms with van der Waals surface area (Å²) in [6.07, 6.45) is 2.77. The Balaban J connectivity index is 1.47. The summed E-state index contributed by atoms with van der Waals surface area (Å²) in [6.45, 7) is 1.51. The number of nitrogens with zero attached hydrogens (tertiary/aromatic N) is 1. The van der Waals surface area contributed by atoms with E-state index >= 15 is 0 Å². The molecule has 0 radical (unpaired) electrons. The molecule has 4 rings (SSSR count). The zero-order valence-electron chi connectivity index (χ0n) is 16.8. The van der Waals surface area contributed by atoms with Crippen LogP contribution in [0.2, 0.25) is 0 Å². The number of sulfone groups is 1. The van der Waals surface area contributed by atoms with Gasteiger partial charge in [0.05, 0.1) is 10.6 Å². The normalized spacial score (nSPS) is 24.3. The molecule has 1 amide bonds. The van der Waals surface area contributed by atoms with Crippen molar-refractivity contribution < 1.29 is 13.2 Å². The summed E-state index contributed by atoms with van der Waals surface area (Å²) in [5, 5.41) is 2.99. The van der Waals surface area contributed by atoms with Crippen LogP contribution >= 0.6 is 0 Å². The molecule has 6 heteroatoms. The second-order valence-electron chi connectivity index (χ2n) is 8.41. The molecule has 2 aliphatic rings. The molecule has 29 heavy (non-hydrogen) atoms. The lowest BCUT2D eigenvalue weighted by Crippen LogP contribution is -2.38. The number of carbonyl (C=O) groups excluding carboxylic acids is 1. The van der Waals surface area contributed by atoms with Crippen molar-refractivity contribution in [2.45, 2.75) is 42.5 Å². The second-order valence-corrected chi connectivity index (χ2v) is 10.4. The van der Waals surface area contributed by atoms with Gasteiger partial charge in [-0.05, 0) is 55.0 Å². The first-order valence-corrected chi connectivity index (χ1v) is 11.9. The number of rotatable bonds is 6. The molecule has 154 valence electrons. The Morgan fingerprint density at radius 2 is 1.62 bits per heavy atom. The van der Waals surface area contributed by atoms with E-state index in [1.807, 2.05) is 30.3 Å². The van der Waals surface area contributed by atoms with E-state index in [2.05, 4.69) is 17.3 Å². The highest BCUT2D eigenvalue weighted by Crippen LogP contribution is 2.38. The molecule has 1 saturated carbocycles. The summed E-state index contributed by atoms with van der Waals surface area (Å²) in [5.41, 5.74) is 1.91. The lowest BCUT2D eigenvalue weighted by Gasteiger charge is -2.25. The molecule has 5 nitrogen and oxygen atoms in total. The van der Waals surface area contributed by atoms with E-state index in [0.29, 0.717) is 35.7 Å². The zero-order chi connectivity index (χ0) is 20.4. The van der Waals surface area contributed by atoms with Gasteiger partial charge in [-0.2, -0.15) is 0 Å². The first kappa shape index (κ1) is 20.1. The van der Waals surface area contributed by atoms with E-state index in [9.17, 15) is 13.2 Å². The molecule has 1 heterocycles. The van der Waals surface area contributed by atoms with Gasteiger partial charge in [-0.25, -0.2) is 8.42 Å². The molecule has 1 N–H and O–H groups in total. The molecule has 1 aliphatic heterocycles. The van der Waals surface area contributed by atoms with Crippen LogP contribution in [0, 0.1) is 11.8 Å². The minimum absolute atomic E-state index is 0.00929. The van der Waals surface area contributed by atoms with Gasteiger partial charge in [-0.1, -0.05) is 42.5 Å². The van der Waals surface area contributed by atoms with Crippen LogP contribution in [-0.4, -0.2) is 38.9 Å². The standard InChI is InChI=1S/C23H28N2O3S/c1-25(21-11-19-13-23(26)24-14-20(19)12-21)15-17-7-5-6-8-18(17)16-29(27,28)22-9-3-2-4-10-22/h2-10,19-21H,11-16H2,1H3,(H,24,26)/t19-,20+,21-/m1/s1. The van der Waals surface area contributed by atoms with Crippen LogP contribution in [0.5, 0.6) is 0 Å². The van der Waals surface area contributed by atoms with Crippen molar-refractivity contribution in [1.82, 2.24) is 10.2 Å². The lowest BCUT2D eigenvalue weighted by atomic mass is 9.89. The zero-order valence-corrected chi connectivity index (χ0v) is 17.6. The molecule has 2 aromatic carbocycles. The van der Waals surface area contributed by atoms with Gasteiger partial charge in [0, 0.05) is 25.6 Å². The summed E-state index contributed by atoms with van der Waals surface area (Å²) >= 11 is 0. The molecular formula is C23H28N2O3S. The summed E-state index contributed by atoms with van der Waals surface area (Å²) < 4.78 is 25.7. The molecule has 0 bridgehead atoms. The van der Waals surface area contributed by atoms with Gasteiger partial charge >= 0.3 is 0 Å². The number of nitrogens with one attached hydrogen (secondary N) is 1. The highest BCUT2D eigenvalue weighted by Gasteiger charge is 2.39. The fourth-order valence-electron chi connectivity index (χ4n) is 4.76. The van der Waals surface area contributed by atoms with Crippen LogP contribution in [0.15, 0.2) is 59.5 Å². The van der Waals surface area contributed by atoms with Crippen LogP contribution < -0.4 is 5.32 Å². The Kier molecular flexibility index (Phi) is 5.74. The van der Waals surface area contributed by atoms with Gasteiger partial charge in [-0.15, -0.1) is 0 Å². The minimum Gasteiger partial charge on any atom is -0.356 e. The number of amides is 1. The van der Waals surface area contributed by atoms with Gasteiger partial charge in [0.15, 0.2) is 9.84 Å². The summed E-state index contributed by atoms with van der Waals surface area (Å²) in [6, 6.07) is 16.9. The lowest BCUT2D eigenvalue weighted by molar-refractivity contribution is -0.124. The summed E-state index contributed by atoms with van der Waals surface area (Å²) in [4.78, 5) is 14.4. The number of hydrogen-bond donors (Lipinski definition) is 1. The molecule has 1 aliphatic carbocycles. The van der Waals surface area contributed by atoms with Gasteiger partial charge in [0.1, 0.15) is 0 Å². The van der Waals surface area contributed by atoms with Crippen molar-refractivity contribution in [3.05, 3.63) is 65.7 Å². The van der Waals surface area contributed by atoms with Crippen molar-refractivity contribution in [1.29, 1.82) is 0 Å². The highest BCUT2D eigenvalue weighted by atomic mass is 32.2. The molecule has 3 atom stereocenters.